The van der Waals surface area contributed by atoms with Crippen molar-refractivity contribution in [2.75, 3.05) is 0 Å². The zero-order chi connectivity index (χ0) is 8.27. The first-order valence-corrected chi connectivity index (χ1v) is 4.19. The predicted molar refractivity (Wildman–Crippen MR) is 47.3 cm³/mol. The lowest BCUT2D eigenvalue weighted by Gasteiger charge is -2.19. The molecule has 1 nitrogen and oxygen atoms in total. The monoisotopic (exact) mass is 152 g/mol. The molecular weight excluding hydrogens is 136 g/mol. The van der Waals surface area contributed by atoms with Crippen LogP contribution in [0.2, 0.25) is 0 Å². The zero-order valence-electron chi connectivity index (χ0n) is 7.09. The lowest BCUT2D eigenvalue weighted by Crippen LogP contribution is -2.12. The Morgan fingerprint density at radius 1 is 1.55 bits per heavy atom. The molecule has 0 saturated heterocycles. The normalized spacial score (nSPS) is 30.4. The summed E-state index contributed by atoms with van der Waals surface area (Å²) in [5, 5.41) is 9.15. The van der Waals surface area contributed by atoms with Crippen LogP contribution in [0.1, 0.15) is 26.2 Å². The summed E-state index contributed by atoms with van der Waals surface area (Å²) in [5.41, 5.74) is 1.23. The molecule has 0 amide bonds. The van der Waals surface area contributed by atoms with E-state index >= 15 is 0 Å². The summed E-state index contributed by atoms with van der Waals surface area (Å²) in [4.78, 5) is 0. The van der Waals surface area contributed by atoms with Crippen LogP contribution in [-0.4, -0.2) is 11.2 Å². The summed E-state index contributed by atoms with van der Waals surface area (Å²) in [6.45, 7) is 5.93. The van der Waals surface area contributed by atoms with E-state index in [1.54, 1.807) is 0 Å². The summed E-state index contributed by atoms with van der Waals surface area (Å²) < 4.78 is 0. The fourth-order valence-corrected chi connectivity index (χ4v) is 1.48. The van der Waals surface area contributed by atoms with Gasteiger partial charge in [0.15, 0.2) is 0 Å². The Hall–Kier alpha value is -0.560. The van der Waals surface area contributed by atoms with Gasteiger partial charge in [0.05, 0.1) is 6.10 Å². The minimum Gasteiger partial charge on any atom is -0.389 e. The minimum absolute atomic E-state index is 0.198. The summed E-state index contributed by atoms with van der Waals surface area (Å²) in [5.74, 6) is 0.621. The maximum atomic E-state index is 9.15. The van der Waals surface area contributed by atoms with Crippen molar-refractivity contribution in [1.82, 2.24) is 0 Å². The van der Waals surface area contributed by atoms with E-state index in [4.69, 9.17) is 5.11 Å². The van der Waals surface area contributed by atoms with Crippen molar-refractivity contribution in [3.05, 3.63) is 24.3 Å². The van der Waals surface area contributed by atoms with E-state index in [2.05, 4.69) is 19.6 Å². The van der Waals surface area contributed by atoms with Crippen molar-refractivity contribution in [3.8, 4) is 0 Å². The standard InChI is InChI=1S/C10H16O/c1-8(2)7-9-3-5-10(11)6-4-9/h3,5,9-11H,1,4,6-7H2,2H3. The van der Waals surface area contributed by atoms with Crippen LogP contribution in [0.3, 0.4) is 0 Å². The second kappa shape index (κ2) is 3.72. The fourth-order valence-electron chi connectivity index (χ4n) is 1.48. The van der Waals surface area contributed by atoms with Crippen LogP contribution in [0, 0.1) is 5.92 Å². The molecule has 0 radical (unpaired) electrons. The number of hydrogen-bond acceptors (Lipinski definition) is 1. The van der Waals surface area contributed by atoms with Gasteiger partial charge in [-0.2, -0.15) is 0 Å². The van der Waals surface area contributed by atoms with Gasteiger partial charge in [-0.1, -0.05) is 17.7 Å². The number of hydrogen-bond donors (Lipinski definition) is 1. The number of allylic oxidation sites excluding steroid dienone is 2. The van der Waals surface area contributed by atoms with E-state index < -0.39 is 0 Å². The van der Waals surface area contributed by atoms with Crippen molar-refractivity contribution >= 4 is 0 Å². The van der Waals surface area contributed by atoms with E-state index in [1.165, 1.54) is 5.57 Å². The van der Waals surface area contributed by atoms with E-state index in [0.717, 1.165) is 19.3 Å². The quantitative estimate of drug-likeness (QED) is 0.602. The molecule has 11 heavy (non-hydrogen) atoms. The predicted octanol–water partition coefficient (Wildman–Crippen LogP) is 2.28. The Morgan fingerprint density at radius 3 is 2.73 bits per heavy atom. The molecule has 1 aliphatic rings. The highest BCUT2D eigenvalue weighted by atomic mass is 16.3. The molecule has 0 aromatic rings. The van der Waals surface area contributed by atoms with Gasteiger partial charge in [0.2, 0.25) is 0 Å². The van der Waals surface area contributed by atoms with E-state index in [1.807, 2.05) is 6.08 Å². The van der Waals surface area contributed by atoms with E-state index in [-0.39, 0.29) is 6.10 Å². The molecule has 1 aliphatic carbocycles. The van der Waals surface area contributed by atoms with Crippen molar-refractivity contribution in [1.29, 1.82) is 0 Å². The molecule has 0 aromatic carbocycles. The number of aliphatic hydroxyl groups is 1. The van der Waals surface area contributed by atoms with Gasteiger partial charge in [0, 0.05) is 0 Å². The second-order valence-electron chi connectivity index (χ2n) is 3.45. The second-order valence-corrected chi connectivity index (χ2v) is 3.45. The molecule has 2 unspecified atom stereocenters. The van der Waals surface area contributed by atoms with Crippen LogP contribution < -0.4 is 0 Å². The summed E-state index contributed by atoms with van der Waals surface area (Å²) in [6, 6.07) is 0. The first-order chi connectivity index (χ1) is 5.18. The van der Waals surface area contributed by atoms with Crippen LogP contribution >= 0.6 is 0 Å². The van der Waals surface area contributed by atoms with Crippen LogP contribution in [0.15, 0.2) is 24.3 Å². The molecule has 1 heteroatoms. The molecule has 0 heterocycles. The third kappa shape index (κ3) is 2.89. The zero-order valence-corrected chi connectivity index (χ0v) is 7.09. The lowest BCUT2D eigenvalue weighted by atomic mass is 9.90. The van der Waals surface area contributed by atoms with Crippen molar-refractivity contribution in [2.45, 2.75) is 32.3 Å². The fraction of sp³-hybridized carbons (Fsp3) is 0.600. The van der Waals surface area contributed by atoms with Crippen molar-refractivity contribution in [3.63, 3.8) is 0 Å². The van der Waals surface area contributed by atoms with Gasteiger partial charge < -0.3 is 5.11 Å². The first-order valence-electron chi connectivity index (χ1n) is 4.19. The summed E-state index contributed by atoms with van der Waals surface area (Å²) in [6.07, 6.45) is 6.90. The minimum atomic E-state index is -0.198. The average Bonchev–Trinajstić information content (AvgIpc) is 1.93. The average molecular weight is 152 g/mol. The topological polar surface area (TPSA) is 20.2 Å². The largest absolute Gasteiger partial charge is 0.389 e. The maximum absolute atomic E-state index is 9.15. The molecule has 62 valence electrons. The summed E-state index contributed by atoms with van der Waals surface area (Å²) >= 11 is 0. The first kappa shape index (κ1) is 8.54. The van der Waals surface area contributed by atoms with Gasteiger partial charge in [-0.3, -0.25) is 0 Å². The van der Waals surface area contributed by atoms with Gasteiger partial charge in [-0.15, -0.1) is 6.58 Å². The van der Waals surface area contributed by atoms with Crippen LogP contribution in [0.5, 0.6) is 0 Å². The molecule has 1 N–H and O–H groups in total. The van der Waals surface area contributed by atoms with Gasteiger partial charge in [0.25, 0.3) is 0 Å². The molecule has 1 rings (SSSR count). The Labute approximate surface area is 68.4 Å². The molecule has 0 aromatic heterocycles. The smallest absolute Gasteiger partial charge is 0.0721 e. The molecular formula is C10H16O. The highest BCUT2D eigenvalue weighted by molar-refractivity contribution is 5.03. The molecule has 2 atom stereocenters. The Morgan fingerprint density at radius 2 is 2.27 bits per heavy atom. The molecule has 0 aliphatic heterocycles. The van der Waals surface area contributed by atoms with Gasteiger partial charge in [0.1, 0.15) is 0 Å². The van der Waals surface area contributed by atoms with Crippen molar-refractivity contribution in [2.24, 2.45) is 5.92 Å². The van der Waals surface area contributed by atoms with Gasteiger partial charge >= 0.3 is 0 Å². The molecule has 0 saturated carbocycles. The third-order valence-electron chi connectivity index (χ3n) is 2.05. The lowest BCUT2D eigenvalue weighted by molar-refractivity contribution is 0.195. The highest BCUT2D eigenvalue weighted by Crippen LogP contribution is 2.22. The number of rotatable bonds is 2. The van der Waals surface area contributed by atoms with E-state index in [0.29, 0.717) is 5.92 Å². The maximum Gasteiger partial charge on any atom is 0.0721 e. The number of aliphatic hydroxyl groups excluding tert-OH is 1. The van der Waals surface area contributed by atoms with Crippen molar-refractivity contribution < 1.29 is 5.11 Å². The van der Waals surface area contributed by atoms with Gasteiger partial charge in [-0.05, 0) is 32.1 Å². The highest BCUT2D eigenvalue weighted by Gasteiger charge is 2.12. The van der Waals surface area contributed by atoms with Crippen LogP contribution in [0.4, 0.5) is 0 Å². The Balaban J connectivity index is 2.38. The van der Waals surface area contributed by atoms with Gasteiger partial charge in [-0.25, -0.2) is 0 Å². The Bertz CT molecular complexity index is 170. The molecule has 0 spiro atoms. The Kier molecular flexibility index (Phi) is 2.89. The van der Waals surface area contributed by atoms with Crippen LogP contribution in [0.25, 0.3) is 0 Å². The molecule has 0 bridgehead atoms. The SMILES string of the molecule is C=C(C)CC1C=CC(O)CC1. The summed E-state index contributed by atoms with van der Waals surface area (Å²) in [7, 11) is 0. The van der Waals surface area contributed by atoms with E-state index in [9.17, 15) is 0 Å². The molecule has 0 fully saturated rings. The van der Waals surface area contributed by atoms with Crippen LogP contribution in [-0.2, 0) is 0 Å². The third-order valence-corrected chi connectivity index (χ3v) is 2.05.